The number of hydrogen-bond acceptors (Lipinski definition) is 2. The van der Waals surface area contributed by atoms with E-state index in [-0.39, 0.29) is 0 Å². The zero-order chi connectivity index (χ0) is 33.8. The van der Waals surface area contributed by atoms with E-state index in [0.717, 1.165) is 70.3 Å². The number of thiophene rings is 2. The molecule has 0 spiro atoms. The summed E-state index contributed by atoms with van der Waals surface area (Å²) in [6.45, 7) is 21.2. The lowest BCUT2D eigenvalue weighted by molar-refractivity contribution is -0.0650. The lowest BCUT2D eigenvalue weighted by atomic mass is 9.49. The summed E-state index contributed by atoms with van der Waals surface area (Å²) in [5.74, 6) is 9.95. The zero-order valence-corrected chi connectivity index (χ0v) is 36.0. The highest BCUT2D eigenvalue weighted by Gasteiger charge is 2.66. The molecule has 268 valence electrons. The zero-order valence-electron chi connectivity index (χ0n) is 32.4. The van der Waals surface area contributed by atoms with Gasteiger partial charge in [-0.3, -0.25) is 0 Å². The summed E-state index contributed by atoms with van der Waals surface area (Å²) in [5, 5.41) is 0. The Morgan fingerprint density at radius 1 is 0.479 bits per heavy atom. The summed E-state index contributed by atoms with van der Waals surface area (Å²) < 4.78 is 0. The third-order valence-electron chi connectivity index (χ3n) is 15.3. The fourth-order valence-corrected chi connectivity index (χ4v) is 21.0. The summed E-state index contributed by atoms with van der Waals surface area (Å²) in [7, 11) is -2.50. The minimum absolute atomic E-state index is 0.849. The van der Waals surface area contributed by atoms with Gasteiger partial charge in [-0.15, -0.1) is 22.7 Å². The van der Waals surface area contributed by atoms with Crippen molar-refractivity contribution >= 4 is 38.8 Å². The molecule has 48 heavy (non-hydrogen) atoms. The van der Waals surface area contributed by atoms with Gasteiger partial charge in [-0.1, -0.05) is 91.7 Å². The van der Waals surface area contributed by atoms with Crippen LogP contribution in [0.4, 0.5) is 0 Å². The first-order valence-corrected chi connectivity index (χ1v) is 29.9. The van der Waals surface area contributed by atoms with Crippen LogP contribution in [0.3, 0.4) is 0 Å². The smallest absolute Gasteiger partial charge is 0.0476 e. The van der Waals surface area contributed by atoms with Crippen LogP contribution in [0.5, 0.6) is 0 Å². The van der Waals surface area contributed by atoms with E-state index in [0.29, 0.717) is 0 Å². The molecule has 4 heteroatoms. The largest absolute Gasteiger partial charge is 0.145 e. The Morgan fingerprint density at radius 2 is 0.854 bits per heavy atom. The van der Waals surface area contributed by atoms with Crippen LogP contribution < -0.4 is 0 Å². The van der Waals surface area contributed by atoms with Crippen molar-refractivity contribution in [2.45, 2.75) is 179 Å². The van der Waals surface area contributed by atoms with Crippen LogP contribution in [0.25, 0.3) is 0 Å². The number of unbranched alkanes of at least 4 members (excludes halogenated alkanes) is 6. The second-order valence-electron chi connectivity index (χ2n) is 20.1. The van der Waals surface area contributed by atoms with E-state index in [9.17, 15) is 0 Å². The molecule has 0 nitrogen and oxygen atoms in total. The molecule has 0 aliphatic heterocycles. The Kier molecular flexibility index (Phi) is 11.1. The monoisotopic (exact) mass is 720 g/mol. The fourth-order valence-electron chi connectivity index (χ4n) is 13.4. The van der Waals surface area contributed by atoms with Gasteiger partial charge in [0.1, 0.15) is 0 Å². The highest BCUT2D eigenvalue weighted by molar-refractivity contribution is 7.12. The van der Waals surface area contributed by atoms with Gasteiger partial charge >= 0.3 is 0 Å². The number of aryl methyl sites for hydroxylation is 2. The molecule has 7 rings (SSSR count). The van der Waals surface area contributed by atoms with E-state index >= 15 is 0 Å². The van der Waals surface area contributed by atoms with Crippen molar-refractivity contribution in [1.82, 2.24) is 0 Å². The van der Waals surface area contributed by atoms with E-state index in [4.69, 9.17) is 0 Å². The normalized spacial score (nSPS) is 37.5. The van der Waals surface area contributed by atoms with Crippen LogP contribution in [0.15, 0.2) is 24.3 Å². The first kappa shape index (κ1) is 36.2. The van der Waals surface area contributed by atoms with E-state index in [2.05, 4.69) is 100 Å². The van der Waals surface area contributed by atoms with Gasteiger partial charge in [-0.25, -0.2) is 0 Å². The lowest BCUT2D eigenvalue weighted by Gasteiger charge is -2.56. The summed E-state index contributed by atoms with van der Waals surface area (Å²) in [4.78, 5) is 6.96. The van der Waals surface area contributed by atoms with Crippen LogP contribution in [-0.4, -0.2) is 16.1 Å². The predicted octanol–water partition coefficient (Wildman–Crippen LogP) is 14.7. The van der Waals surface area contributed by atoms with Gasteiger partial charge in [0.2, 0.25) is 0 Å². The van der Waals surface area contributed by atoms with Gasteiger partial charge in [0, 0.05) is 35.7 Å². The predicted molar refractivity (Wildman–Crippen MR) is 220 cm³/mol. The van der Waals surface area contributed by atoms with Crippen molar-refractivity contribution in [3.63, 3.8) is 0 Å². The Labute approximate surface area is 307 Å². The second kappa shape index (κ2) is 14.7. The standard InChI is InChI=1S/C44H72S2Si2/c1-9-11-13-15-17-31-19-21-39(45-31)29-23-33-35-27-42(48(6,7)8)38-26-30(40-22-20-32(46-40)18-16-14-12-10-2)24-34(44(35)38)36-28-41(47(3,4)5)37(25-29)43(33)36/h19-22,29-30,33-38,41-44H,9-18,23-28H2,1-8H3. The molecule has 0 radical (unpaired) electrons. The highest BCUT2D eigenvalue weighted by Crippen LogP contribution is 2.74. The Balaban J connectivity index is 1.17. The summed E-state index contributed by atoms with van der Waals surface area (Å²) in [5.41, 5.74) is 2.10. The van der Waals surface area contributed by atoms with Gasteiger partial charge in [0.15, 0.2) is 0 Å². The Bertz CT molecular complexity index is 1240. The molecule has 12 atom stereocenters. The first-order chi connectivity index (χ1) is 23.0. The molecular formula is C44H72S2Si2. The molecule has 0 N–H and O–H groups in total. The molecular weight excluding hydrogens is 649 g/mol. The van der Waals surface area contributed by atoms with Crippen molar-refractivity contribution < 1.29 is 0 Å². The van der Waals surface area contributed by atoms with Gasteiger partial charge < -0.3 is 0 Å². The van der Waals surface area contributed by atoms with Gasteiger partial charge in [-0.2, -0.15) is 0 Å². The van der Waals surface area contributed by atoms with Gasteiger partial charge in [0.05, 0.1) is 0 Å². The Morgan fingerprint density at radius 3 is 1.23 bits per heavy atom. The maximum absolute atomic E-state index is 2.76. The van der Waals surface area contributed by atoms with Crippen molar-refractivity contribution in [3.05, 3.63) is 43.8 Å². The molecule has 2 aromatic rings. The maximum Gasteiger partial charge on any atom is 0.0476 e. The summed E-state index contributed by atoms with van der Waals surface area (Å²) >= 11 is 4.49. The SMILES string of the molecule is CCCCCCc1ccc(C2CC3C4CC([Si](C)(C)C)C5CC(c6ccc(CCCCCC)s6)CC(C6CC([Si](C)(C)C)C(C2)C36)C45)s1. The third-order valence-corrected chi connectivity index (χ3v) is 23.7. The molecule has 12 unspecified atom stereocenters. The number of fused-ring (bicyclic) bond motifs is 2. The molecule has 5 aliphatic carbocycles. The quantitative estimate of drug-likeness (QED) is 0.135. The highest BCUT2D eigenvalue weighted by atomic mass is 32.1. The van der Waals surface area contributed by atoms with E-state index < -0.39 is 16.1 Å². The molecule has 0 amide bonds. The average Bonchev–Trinajstić information content (AvgIpc) is 3.84. The first-order valence-electron chi connectivity index (χ1n) is 21.1. The molecule has 2 heterocycles. The molecule has 5 aliphatic rings. The van der Waals surface area contributed by atoms with E-state index in [1.807, 2.05) is 0 Å². The van der Waals surface area contributed by atoms with Crippen molar-refractivity contribution in [2.24, 2.45) is 47.3 Å². The maximum atomic E-state index is 2.76. The lowest BCUT2D eigenvalue weighted by Crippen LogP contribution is -2.50. The number of rotatable bonds is 14. The van der Waals surface area contributed by atoms with Crippen LogP contribution >= 0.6 is 22.7 Å². The van der Waals surface area contributed by atoms with E-state index in [1.54, 1.807) is 45.2 Å². The topological polar surface area (TPSA) is 0 Å². The van der Waals surface area contributed by atoms with Crippen molar-refractivity contribution in [3.8, 4) is 0 Å². The minimum atomic E-state index is -1.25. The molecule has 0 bridgehead atoms. The Hall–Kier alpha value is -0.166. The third kappa shape index (κ3) is 7.11. The summed E-state index contributed by atoms with van der Waals surface area (Å²) in [6, 6.07) is 10.4. The van der Waals surface area contributed by atoms with Crippen molar-refractivity contribution in [2.75, 3.05) is 0 Å². The van der Waals surface area contributed by atoms with Crippen LogP contribution in [-0.2, 0) is 12.8 Å². The summed E-state index contributed by atoms with van der Waals surface area (Å²) in [6.07, 6.45) is 23.1. The van der Waals surface area contributed by atoms with Gasteiger partial charge in [0.25, 0.3) is 0 Å². The van der Waals surface area contributed by atoms with Gasteiger partial charge in [-0.05, 0) is 159 Å². The molecule has 5 fully saturated rings. The van der Waals surface area contributed by atoms with Crippen molar-refractivity contribution in [1.29, 1.82) is 0 Å². The van der Waals surface area contributed by atoms with Crippen LogP contribution in [0, 0.1) is 47.3 Å². The average molecular weight is 721 g/mol. The minimum Gasteiger partial charge on any atom is -0.145 e. The molecule has 5 saturated carbocycles. The number of hydrogen-bond donors (Lipinski definition) is 0. The molecule has 0 saturated heterocycles. The molecule has 2 aromatic heterocycles. The molecule has 0 aromatic carbocycles. The van der Waals surface area contributed by atoms with E-state index in [1.165, 1.54) is 77.0 Å². The fraction of sp³-hybridized carbons (Fsp3) is 0.818. The van der Waals surface area contributed by atoms with Crippen LogP contribution in [0.1, 0.15) is 135 Å². The second-order valence-corrected chi connectivity index (χ2v) is 33.5. The van der Waals surface area contributed by atoms with Crippen LogP contribution in [0.2, 0.25) is 50.4 Å².